The van der Waals surface area contributed by atoms with Crippen LogP contribution in [0.5, 0.6) is 0 Å². The van der Waals surface area contributed by atoms with E-state index in [4.69, 9.17) is 11.6 Å². The van der Waals surface area contributed by atoms with Crippen molar-refractivity contribution in [2.45, 2.75) is 26.2 Å². The highest BCUT2D eigenvalue weighted by molar-refractivity contribution is 6.31. The van der Waals surface area contributed by atoms with Gasteiger partial charge in [0.1, 0.15) is 11.6 Å². The van der Waals surface area contributed by atoms with Crippen molar-refractivity contribution in [3.8, 4) is 11.1 Å². The fraction of sp³-hybridized carbons (Fsp3) is 0.250. The standard InChI is InChI=1S/C16H15ClF2/c1-16(2,3)13-8-11(9-14(17)15(13)19)10-5-4-6-12(18)7-10/h4-9H,1-3H3. The molecule has 100 valence electrons. The molecule has 2 aromatic rings. The highest BCUT2D eigenvalue weighted by Crippen LogP contribution is 2.34. The minimum atomic E-state index is -0.408. The number of hydrogen-bond donors (Lipinski definition) is 0. The molecule has 3 heteroatoms. The molecule has 0 atom stereocenters. The van der Waals surface area contributed by atoms with Crippen LogP contribution in [-0.4, -0.2) is 0 Å². The lowest BCUT2D eigenvalue weighted by atomic mass is 9.85. The third-order valence-corrected chi connectivity index (χ3v) is 3.27. The van der Waals surface area contributed by atoms with Gasteiger partial charge in [0.15, 0.2) is 0 Å². The summed E-state index contributed by atoms with van der Waals surface area (Å²) in [7, 11) is 0. The molecule has 0 N–H and O–H groups in total. The number of hydrogen-bond acceptors (Lipinski definition) is 0. The van der Waals surface area contributed by atoms with E-state index in [1.54, 1.807) is 18.2 Å². The van der Waals surface area contributed by atoms with E-state index in [-0.39, 0.29) is 16.3 Å². The molecule has 0 heterocycles. The Kier molecular flexibility index (Phi) is 3.64. The predicted molar refractivity (Wildman–Crippen MR) is 75.5 cm³/mol. The quantitative estimate of drug-likeness (QED) is 0.639. The molecule has 0 saturated heterocycles. The Morgan fingerprint density at radius 3 is 2.21 bits per heavy atom. The van der Waals surface area contributed by atoms with Crippen LogP contribution in [0.3, 0.4) is 0 Å². The van der Waals surface area contributed by atoms with Crippen LogP contribution in [-0.2, 0) is 5.41 Å². The van der Waals surface area contributed by atoms with Gasteiger partial charge in [-0.15, -0.1) is 0 Å². The van der Waals surface area contributed by atoms with Gasteiger partial charge in [0.05, 0.1) is 5.02 Å². The van der Waals surface area contributed by atoms with E-state index < -0.39 is 5.82 Å². The van der Waals surface area contributed by atoms with Crippen LogP contribution >= 0.6 is 11.6 Å². The molecule has 0 bridgehead atoms. The number of halogens is 3. The fourth-order valence-electron chi connectivity index (χ4n) is 1.97. The van der Waals surface area contributed by atoms with Gasteiger partial charge in [-0.1, -0.05) is 44.5 Å². The van der Waals surface area contributed by atoms with Gasteiger partial charge in [-0.25, -0.2) is 8.78 Å². The van der Waals surface area contributed by atoms with Crippen molar-refractivity contribution in [1.82, 2.24) is 0 Å². The second-order valence-electron chi connectivity index (χ2n) is 5.58. The summed E-state index contributed by atoms with van der Waals surface area (Å²) in [5.74, 6) is -0.732. The summed E-state index contributed by atoms with van der Waals surface area (Å²) in [6.07, 6.45) is 0. The average molecular weight is 281 g/mol. The molecule has 0 unspecified atom stereocenters. The average Bonchev–Trinajstić information content (AvgIpc) is 2.31. The zero-order valence-electron chi connectivity index (χ0n) is 11.1. The molecule has 0 aromatic heterocycles. The van der Waals surface area contributed by atoms with Gasteiger partial charge in [0.2, 0.25) is 0 Å². The Labute approximate surface area is 117 Å². The predicted octanol–water partition coefficient (Wildman–Crippen LogP) is 5.58. The van der Waals surface area contributed by atoms with Gasteiger partial charge >= 0.3 is 0 Å². The van der Waals surface area contributed by atoms with Crippen molar-refractivity contribution in [1.29, 1.82) is 0 Å². The second kappa shape index (κ2) is 4.93. The molecule has 0 radical (unpaired) electrons. The Morgan fingerprint density at radius 1 is 0.947 bits per heavy atom. The first kappa shape index (κ1) is 14.0. The molecule has 0 spiro atoms. The maximum atomic E-state index is 14.1. The molecular weight excluding hydrogens is 266 g/mol. The minimum absolute atomic E-state index is 0.0617. The summed E-state index contributed by atoms with van der Waals surface area (Å²) in [4.78, 5) is 0. The summed E-state index contributed by atoms with van der Waals surface area (Å²) in [6.45, 7) is 5.74. The van der Waals surface area contributed by atoms with Crippen LogP contribution in [0.15, 0.2) is 36.4 Å². The number of rotatable bonds is 1. The lowest BCUT2D eigenvalue weighted by molar-refractivity contribution is 0.523. The van der Waals surface area contributed by atoms with Crippen LogP contribution in [0.4, 0.5) is 8.78 Å². The molecule has 0 aliphatic heterocycles. The molecule has 0 saturated carbocycles. The Balaban J connectivity index is 2.63. The summed E-state index contributed by atoms with van der Waals surface area (Å²) in [6, 6.07) is 9.45. The first-order valence-corrected chi connectivity index (χ1v) is 6.42. The van der Waals surface area contributed by atoms with Crippen LogP contribution < -0.4 is 0 Å². The van der Waals surface area contributed by atoms with Crippen molar-refractivity contribution in [2.24, 2.45) is 0 Å². The van der Waals surface area contributed by atoms with Gasteiger partial charge in [-0.3, -0.25) is 0 Å². The van der Waals surface area contributed by atoms with Crippen molar-refractivity contribution in [3.63, 3.8) is 0 Å². The Bertz CT molecular complexity index is 613. The van der Waals surface area contributed by atoms with E-state index in [2.05, 4.69) is 0 Å². The molecule has 0 aliphatic rings. The molecule has 0 nitrogen and oxygen atoms in total. The maximum absolute atomic E-state index is 14.1. The van der Waals surface area contributed by atoms with E-state index in [1.165, 1.54) is 18.2 Å². The first-order valence-electron chi connectivity index (χ1n) is 6.04. The number of benzene rings is 2. The van der Waals surface area contributed by atoms with Crippen molar-refractivity contribution >= 4 is 11.6 Å². The van der Waals surface area contributed by atoms with Crippen molar-refractivity contribution in [2.75, 3.05) is 0 Å². The summed E-state index contributed by atoms with van der Waals surface area (Å²) in [5.41, 5.74) is 1.57. The Morgan fingerprint density at radius 2 is 1.63 bits per heavy atom. The second-order valence-corrected chi connectivity index (χ2v) is 5.99. The molecular formula is C16H15ClF2. The van der Waals surface area contributed by atoms with Crippen LogP contribution in [0.1, 0.15) is 26.3 Å². The van der Waals surface area contributed by atoms with E-state index in [0.29, 0.717) is 11.1 Å². The van der Waals surface area contributed by atoms with Gasteiger partial charge in [0, 0.05) is 0 Å². The molecule has 2 aromatic carbocycles. The monoisotopic (exact) mass is 280 g/mol. The van der Waals surface area contributed by atoms with Gasteiger partial charge in [-0.05, 0) is 46.4 Å². The third-order valence-electron chi connectivity index (χ3n) is 2.99. The van der Waals surface area contributed by atoms with Crippen molar-refractivity contribution < 1.29 is 8.78 Å². The lowest BCUT2D eigenvalue weighted by Gasteiger charge is -2.21. The fourth-order valence-corrected chi connectivity index (χ4v) is 2.19. The maximum Gasteiger partial charge on any atom is 0.145 e. The smallest absolute Gasteiger partial charge is 0.145 e. The molecule has 19 heavy (non-hydrogen) atoms. The highest BCUT2D eigenvalue weighted by Gasteiger charge is 2.21. The Hall–Kier alpha value is -1.41. The van der Waals surface area contributed by atoms with Gasteiger partial charge in [-0.2, -0.15) is 0 Å². The summed E-state index contributed by atoms with van der Waals surface area (Å²) < 4.78 is 27.3. The van der Waals surface area contributed by atoms with E-state index in [0.717, 1.165) is 5.56 Å². The highest BCUT2D eigenvalue weighted by atomic mass is 35.5. The van der Waals surface area contributed by atoms with Gasteiger partial charge in [0.25, 0.3) is 0 Å². The van der Waals surface area contributed by atoms with Gasteiger partial charge < -0.3 is 0 Å². The van der Waals surface area contributed by atoms with Crippen LogP contribution in [0.2, 0.25) is 5.02 Å². The third kappa shape index (κ3) is 2.95. The normalized spacial score (nSPS) is 11.7. The first-order chi connectivity index (χ1) is 8.79. The SMILES string of the molecule is CC(C)(C)c1cc(-c2cccc(F)c2)cc(Cl)c1F. The topological polar surface area (TPSA) is 0 Å². The van der Waals surface area contributed by atoms with Crippen LogP contribution in [0.25, 0.3) is 11.1 Å². The van der Waals surface area contributed by atoms with Crippen LogP contribution in [0, 0.1) is 11.6 Å². The largest absolute Gasteiger partial charge is 0.207 e. The molecule has 0 fully saturated rings. The molecule has 0 aliphatic carbocycles. The van der Waals surface area contributed by atoms with E-state index >= 15 is 0 Å². The van der Waals surface area contributed by atoms with E-state index in [1.807, 2.05) is 20.8 Å². The minimum Gasteiger partial charge on any atom is -0.207 e. The molecule has 2 rings (SSSR count). The summed E-state index contributed by atoms with van der Waals surface area (Å²) in [5, 5.41) is 0.0617. The van der Waals surface area contributed by atoms with E-state index in [9.17, 15) is 8.78 Å². The zero-order valence-corrected chi connectivity index (χ0v) is 11.9. The molecule has 0 amide bonds. The van der Waals surface area contributed by atoms with Crippen molar-refractivity contribution in [3.05, 3.63) is 58.6 Å². The summed E-state index contributed by atoms with van der Waals surface area (Å²) >= 11 is 5.95. The zero-order chi connectivity index (χ0) is 14.2. The lowest BCUT2D eigenvalue weighted by Crippen LogP contribution is -2.14.